The van der Waals surface area contributed by atoms with E-state index in [-0.39, 0.29) is 17.8 Å². The van der Waals surface area contributed by atoms with Crippen LogP contribution in [-0.4, -0.2) is 37.6 Å². The molecule has 3 aromatic rings. The van der Waals surface area contributed by atoms with Crippen molar-refractivity contribution < 1.29 is 13.9 Å². The van der Waals surface area contributed by atoms with E-state index in [2.05, 4.69) is 16.3 Å². The second kappa shape index (κ2) is 8.69. The predicted molar refractivity (Wildman–Crippen MR) is 116 cm³/mol. The molecule has 1 aromatic heterocycles. The third-order valence-electron chi connectivity index (χ3n) is 5.31. The number of nitrogens with one attached hydrogen (secondary N) is 1. The SMILES string of the molecule is COc1cccc([C@@H](CNC(=O)c2sc3cc(F)ccc3c2Cl)N2CCCC2)c1. The van der Waals surface area contributed by atoms with Crippen molar-refractivity contribution in [1.82, 2.24) is 10.2 Å². The molecule has 0 spiro atoms. The van der Waals surface area contributed by atoms with Gasteiger partial charge < -0.3 is 10.1 Å². The van der Waals surface area contributed by atoms with Gasteiger partial charge in [0.25, 0.3) is 5.91 Å². The van der Waals surface area contributed by atoms with Gasteiger partial charge in [0.1, 0.15) is 16.4 Å². The van der Waals surface area contributed by atoms with Gasteiger partial charge in [-0.15, -0.1) is 11.3 Å². The molecule has 1 fully saturated rings. The van der Waals surface area contributed by atoms with Crippen LogP contribution in [0.15, 0.2) is 42.5 Å². The third-order valence-corrected chi connectivity index (χ3v) is 6.97. The summed E-state index contributed by atoms with van der Waals surface area (Å²) in [5, 5.41) is 4.12. The molecule has 4 nitrogen and oxygen atoms in total. The molecular weight excluding hydrogens is 411 g/mol. The van der Waals surface area contributed by atoms with Crippen molar-refractivity contribution >= 4 is 38.9 Å². The summed E-state index contributed by atoms with van der Waals surface area (Å²) in [6.45, 7) is 2.46. The number of ether oxygens (including phenoxy) is 1. The van der Waals surface area contributed by atoms with Gasteiger partial charge in [-0.3, -0.25) is 9.69 Å². The van der Waals surface area contributed by atoms with Crippen molar-refractivity contribution in [1.29, 1.82) is 0 Å². The molecule has 0 saturated carbocycles. The number of halogens is 2. The molecule has 1 aliphatic heterocycles. The molecule has 2 aromatic carbocycles. The first-order valence-electron chi connectivity index (χ1n) is 9.60. The van der Waals surface area contributed by atoms with Gasteiger partial charge in [-0.25, -0.2) is 4.39 Å². The lowest BCUT2D eigenvalue weighted by Crippen LogP contribution is -2.36. The maximum absolute atomic E-state index is 13.5. The number of benzene rings is 2. The lowest BCUT2D eigenvalue weighted by Gasteiger charge is -2.28. The summed E-state index contributed by atoms with van der Waals surface area (Å²) in [6.07, 6.45) is 2.31. The molecule has 2 heterocycles. The van der Waals surface area contributed by atoms with Crippen LogP contribution in [0.1, 0.15) is 34.1 Å². The Labute approximate surface area is 178 Å². The molecular formula is C22H22ClFN2O2S. The van der Waals surface area contributed by atoms with Crippen LogP contribution < -0.4 is 10.1 Å². The Morgan fingerprint density at radius 2 is 2.07 bits per heavy atom. The lowest BCUT2D eigenvalue weighted by molar-refractivity contribution is 0.0942. The number of carbonyl (C=O) groups is 1. The van der Waals surface area contributed by atoms with E-state index in [4.69, 9.17) is 16.3 Å². The Hall–Kier alpha value is -2.15. The Morgan fingerprint density at radius 3 is 2.83 bits per heavy atom. The molecule has 0 unspecified atom stereocenters. The van der Waals surface area contributed by atoms with Gasteiger partial charge in [0.2, 0.25) is 0 Å². The first-order valence-corrected chi connectivity index (χ1v) is 10.8. The second-order valence-corrected chi connectivity index (χ2v) is 8.56. The van der Waals surface area contributed by atoms with Crippen molar-refractivity contribution in [2.45, 2.75) is 18.9 Å². The molecule has 1 N–H and O–H groups in total. The number of hydrogen-bond acceptors (Lipinski definition) is 4. The van der Waals surface area contributed by atoms with E-state index < -0.39 is 0 Å². The second-order valence-electron chi connectivity index (χ2n) is 7.13. The van der Waals surface area contributed by atoms with Crippen LogP contribution in [0.25, 0.3) is 10.1 Å². The van der Waals surface area contributed by atoms with Crippen LogP contribution in [0, 0.1) is 5.82 Å². The molecule has 1 atom stereocenters. The summed E-state index contributed by atoms with van der Waals surface area (Å²) in [6, 6.07) is 12.4. The van der Waals surface area contributed by atoms with Gasteiger partial charge in [-0.1, -0.05) is 23.7 Å². The van der Waals surface area contributed by atoms with Gasteiger partial charge in [0.05, 0.1) is 18.2 Å². The first-order chi connectivity index (χ1) is 14.1. The van der Waals surface area contributed by atoms with Crippen LogP contribution in [-0.2, 0) is 0 Å². The van der Waals surface area contributed by atoms with E-state index in [0.717, 1.165) is 37.2 Å². The predicted octanol–water partition coefficient (Wildman–Crippen LogP) is 5.27. The molecule has 0 aliphatic carbocycles. The highest BCUT2D eigenvalue weighted by Crippen LogP contribution is 2.36. The zero-order valence-corrected chi connectivity index (χ0v) is 17.7. The third kappa shape index (κ3) is 4.25. The van der Waals surface area contributed by atoms with E-state index >= 15 is 0 Å². The average Bonchev–Trinajstić information content (AvgIpc) is 3.36. The average molecular weight is 433 g/mol. The van der Waals surface area contributed by atoms with Crippen LogP contribution in [0.3, 0.4) is 0 Å². The van der Waals surface area contributed by atoms with Crippen LogP contribution in [0.2, 0.25) is 5.02 Å². The Morgan fingerprint density at radius 1 is 1.28 bits per heavy atom. The Kier molecular flexibility index (Phi) is 6.04. The number of likely N-dealkylation sites (tertiary alicyclic amines) is 1. The summed E-state index contributed by atoms with van der Waals surface area (Å²) < 4.78 is 19.5. The highest BCUT2D eigenvalue weighted by Gasteiger charge is 2.25. The number of carbonyl (C=O) groups excluding carboxylic acids is 1. The molecule has 1 saturated heterocycles. The molecule has 152 valence electrons. The number of fused-ring (bicyclic) bond motifs is 1. The summed E-state index contributed by atoms with van der Waals surface area (Å²) in [5.41, 5.74) is 1.11. The molecule has 7 heteroatoms. The minimum atomic E-state index is -0.338. The molecule has 0 bridgehead atoms. The van der Waals surface area contributed by atoms with E-state index in [9.17, 15) is 9.18 Å². The zero-order chi connectivity index (χ0) is 20.4. The van der Waals surface area contributed by atoms with E-state index in [0.29, 0.717) is 26.5 Å². The number of thiophene rings is 1. The molecule has 0 radical (unpaired) electrons. The standard InChI is InChI=1S/C22H22ClFN2O2S/c1-28-16-6-4-5-14(11-16)18(26-9-2-3-10-26)13-25-22(27)21-20(23)17-8-7-15(24)12-19(17)29-21/h4-8,11-12,18H,2-3,9-10,13H2,1H3,(H,25,27)/t18-/m1/s1. The fourth-order valence-corrected chi connectivity index (χ4v) is 5.27. The summed E-state index contributed by atoms with van der Waals surface area (Å²) in [7, 11) is 1.65. The van der Waals surface area contributed by atoms with Crippen molar-refractivity contribution in [3.8, 4) is 5.75 Å². The van der Waals surface area contributed by atoms with E-state index in [1.807, 2.05) is 18.2 Å². The summed E-state index contributed by atoms with van der Waals surface area (Å²) in [5.74, 6) is 0.228. The number of hydrogen-bond donors (Lipinski definition) is 1. The fourth-order valence-electron chi connectivity index (χ4n) is 3.81. The topological polar surface area (TPSA) is 41.6 Å². The number of amides is 1. The Balaban J connectivity index is 1.55. The van der Waals surface area contributed by atoms with Gasteiger partial charge in [-0.2, -0.15) is 0 Å². The van der Waals surface area contributed by atoms with Gasteiger partial charge in [-0.05, 0) is 61.8 Å². The molecule has 1 aliphatic rings. The normalized spacial score (nSPS) is 15.6. The monoisotopic (exact) mass is 432 g/mol. The molecule has 29 heavy (non-hydrogen) atoms. The molecule has 1 amide bonds. The first kappa shape index (κ1) is 20.1. The Bertz CT molecular complexity index is 1030. The molecule has 4 rings (SSSR count). The summed E-state index contributed by atoms with van der Waals surface area (Å²) >= 11 is 7.62. The van der Waals surface area contributed by atoms with E-state index in [1.54, 1.807) is 13.2 Å². The van der Waals surface area contributed by atoms with Crippen molar-refractivity contribution in [3.63, 3.8) is 0 Å². The van der Waals surface area contributed by atoms with E-state index in [1.165, 1.54) is 23.5 Å². The van der Waals surface area contributed by atoms with Crippen LogP contribution >= 0.6 is 22.9 Å². The van der Waals surface area contributed by atoms with Crippen LogP contribution in [0.5, 0.6) is 5.75 Å². The van der Waals surface area contributed by atoms with Crippen molar-refractivity contribution in [2.24, 2.45) is 0 Å². The highest BCUT2D eigenvalue weighted by molar-refractivity contribution is 7.21. The highest BCUT2D eigenvalue weighted by atomic mass is 35.5. The fraction of sp³-hybridized carbons (Fsp3) is 0.318. The van der Waals surface area contributed by atoms with Crippen molar-refractivity contribution in [3.05, 3.63) is 63.7 Å². The largest absolute Gasteiger partial charge is 0.497 e. The quantitative estimate of drug-likeness (QED) is 0.577. The van der Waals surface area contributed by atoms with Gasteiger partial charge in [0.15, 0.2) is 0 Å². The lowest BCUT2D eigenvalue weighted by atomic mass is 10.0. The maximum Gasteiger partial charge on any atom is 0.262 e. The number of rotatable bonds is 6. The van der Waals surface area contributed by atoms with Crippen molar-refractivity contribution in [2.75, 3.05) is 26.7 Å². The van der Waals surface area contributed by atoms with Gasteiger partial charge in [0, 0.05) is 16.6 Å². The number of nitrogens with zero attached hydrogens (tertiary/aromatic N) is 1. The zero-order valence-electron chi connectivity index (χ0n) is 16.1. The summed E-state index contributed by atoms with van der Waals surface area (Å²) in [4.78, 5) is 15.7. The minimum absolute atomic E-state index is 0.0575. The number of methoxy groups -OCH3 is 1. The minimum Gasteiger partial charge on any atom is -0.497 e. The van der Waals surface area contributed by atoms with Gasteiger partial charge >= 0.3 is 0 Å². The van der Waals surface area contributed by atoms with Crippen LogP contribution in [0.4, 0.5) is 4.39 Å². The smallest absolute Gasteiger partial charge is 0.262 e. The maximum atomic E-state index is 13.5.